The van der Waals surface area contributed by atoms with E-state index in [9.17, 15) is 4.79 Å². The molecule has 4 heterocycles. The van der Waals surface area contributed by atoms with Crippen LogP contribution in [0.4, 0.5) is 5.82 Å². The third-order valence-electron chi connectivity index (χ3n) is 4.15. The largest absolute Gasteiger partial charge is 0.361 e. The molecule has 1 aliphatic heterocycles. The molecule has 9 nitrogen and oxygen atoms in total. The normalized spacial score (nSPS) is 14.8. The van der Waals surface area contributed by atoms with Crippen LogP contribution in [0.15, 0.2) is 41.7 Å². The third kappa shape index (κ3) is 3.08. The first-order valence-corrected chi connectivity index (χ1v) is 7.98. The molecule has 0 saturated carbocycles. The molecule has 1 fully saturated rings. The summed E-state index contributed by atoms with van der Waals surface area (Å²) in [6.45, 7) is 4.38. The lowest BCUT2D eigenvalue weighted by Crippen LogP contribution is -2.49. The van der Waals surface area contributed by atoms with E-state index in [-0.39, 0.29) is 5.91 Å². The second kappa shape index (κ2) is 6.34. The van der Waals surface area contributed by atoms with E-state index < -0.39 is 0 Å². The summed E-state index contributed by atoms with van der Waals surface area (Å²) in [5.41, 5.74) is 0.357. The van der Waals surface area contributed by atoms with Gasteiger partial charge in [-0.1, -0.05) is 5.16 Å². The maximum atomic E-state index is 12.4. The van der Waals surface area contributed by atoms with Crippen molar-refractivity contribution in [3.05, 3.63) is 48.6 Å². The van der Waals surface area contributed by atoms with E-state index in [2.05, 4.69) is 25.0 Å². The van der Waals surface area contributed by atoms with Crippen LogP contribution in [0.2, 0.25) is 0 Å². The van der Waals surface area contributed by atoms with Gasteiger partial charge in [0.1, 0.15) is 30.1 Å². The first-order chi connectivity index (χ1) is 12.2. The van der Waals surface area contributed by atoms with Crippen LogP contribution in [0.1, 0.15) is 16.2 Å². The highest BCUT2D eigenvalue weighted by atomic mass is 16.5. The van der Waals surface area contributed by atoms with Crippen LogP contribution in [0.25, 0.3) is 5.82 Å². The average molecular weight is 339 g/mol. The van der Waals surface area contributed by atoms with Crippen molar-refractivity contribution in [1.82, 2.24) is 29.6 Å². The van der Waals surface area contributed by atoms with E-state index >= 15 is 0 Å². The maximum absolute atomic E-state index is 12.4. The van der Waals surface area contributed by atoms with Gasteiger partial charge in [0.15, 0.2) is 5.69 Å². The highest BCUT2D eigenvalue weighted by Crippen LogP contribution is 2.17. The summed E-state index contributed by atoms with van der Waals surface area (Å²) in [6, 6.07) is 3.58. The summed E-state index contributed by atoms with van der Waals surface area (Å²) in [4.78, 5) is 29.0. The maximum Gasteiger partial charge on any atom is 0.276 e. The van der Waals surface area contributed by atoms with Crippen LogP contribution in [-0.2, 0) is 0 Å². The SMILES string of the molecule is Cc1cc(C(=O)N2CCN(c3cc(-n4ccnc4)ncn3)CC2)no1. The fourth-order valence-corrected chi connectivity index (χ4v) is 2.81. The van der Waals surface area contributed by atoms with Crippen molar-refractivity contribution in [3.63, 3.8) is 0 Å². The molecule has 1 aliphatic rings. The summed E-state index contributed by atoms with van der Waals surface area (Å²) in [6.07, 6.45) is 6.78. The standard InChI is InChI=1S/C16H17N7O2/c1-12-8-13(20-25-12)16(24)22-6-4-21(5-7-22)14-9-15(19-10-18-14)23-3-2-17-11-23/h2-3,8-11H,4-7H2,1H3. The van der Waals surface area contributed by atoms with Crippen LogP contribution >= 0.6 is 0 Å². The highest BCUT2D eigenvalue weighted by molar-refractivity contribution is 5.92. The van der Waals surface area contributed by atoms with Gasteiger partial charge in [-0.15, -0.1) is 0 Å². The topological polar surface area (TPSA) is 93.2 Å². The molecule has 0 aromatic carbocycles. The van der Waals surface area contributed by atoms with Gasteiger partial charge in [0, 0.05) is 50.7 Å². The molecule has 0 bridgehead atoms. The van der Waals surface area contributed by atoms with Crippen molar-refractivity contribution < 1.29 is 9.32 Å². The second-order valence-electron chi connectivity index (χ2n) is 5.81. The summed E-state index contributed by atoms with van der Waals surface area (Å²) in [7, 11) is 0. The lowest BCUT2D eigenvalue weighted by Gasteiger charge is -2.35. The number of rotatable bonds is 3. The number of hydrogen-bond acceptors (Lipinski definition) is 7. The number of hydrogen-bond donors (Lipinski definition) is 0. The zero-order valence-corrected chi connectivity index (χ0v) is 13.7. The molecular formula is C16H17N7O2. The van der Waals surface area contributed by atoms with E-state index in [0.717, 1.165) is 11.6 Å². The third-order valence-corrected chi connectivity index (χ3v) is 4.15. The smallest absolute Gasteiger partial charge is 0.276 e. The van der Waals surface area contributed by atoms with Gasteiger partial charge < -0.3 is 14.3 Å². The molecular weight excluding hydrogens is 322 g/mol. The summed E-state index contributed by atoms with van der Waals surface area (Å²) < 4.78 is 6.81. The van der Waals surface area contributed by atoms with Crippen LogP contribution in [0.5, 0.6) is 0 Å². The van der Waals surface area contributed by atoms with Gasteiger partial charge >= 0.3 is 0 Å². The Hall–Kier alpha value is -3.23. The number of aromatic nitrogens is 5. The molecule has 1 amide bonds. The number of imidazole rings is 1. The number of piperazine rings is 1. The monoisotopic (exact) mass is 339 g/mol. The van der Waals surface area contributed by atoms with Gasteiger partial charge in [-0.2, -0.15) is 0 Å². The summed E-state index contributed by atoms with van der Waals surface area (Å²) in [5.74, 6) is 2.13. The molecule has 0 aliphatic carbocycles. The number of carbonyl (C=O) groups is 1. The fraction of sp³-hybridized carbons (Fsp3) is 0.312. The molecule has 25 heavy (non-hydrogen) atoms. The molecule has 3 aromatic rings. The minimum atomic E-state index is -0.0988. The zero-order chi connectivity index (χ0) is 17.2. The molecule has 128 valence electrons. The van der Waals surface area contributed by atoms with E-state index in [4.69, 9.17) is 4.52 Å². The number of amides is 1. The molecule has 3 aromatic heterocycles. The Balaban J connectivity index is 1.44. The minimum absolute atomic E-state index is 0.0988. The van der Waals surface area contributed by atoms with Gasteiger partial charge in [0.25, 0.3) is 5.91 Å². The number of carbonyl (C=O) groups excluding carboxylic acids is 1. The molecule has 9 heteroatoms. The van der Waals surface area contributed by atoms with Crippen LogP contribution in [0, 0.1) is 6.92 Å². The van der Waals surface area contributed by atoms with Crippen LogP contribution in [-0.4, -0.2) is 61.7 Å². The molecule has 4 rings (SSSR count). The minimum Gasteiger partial charge on any atom is -0.361 e. The fourth-order valence-electron chi connectivity index (χ4n) is 2.81. The van der Waals surface area contributed by atoms with Crippen LogP contribution in [0.3, 0.4) is 0 Å². The summed E-state index contributed by atoms with van der Waals surface area (Å²) in [5, 5.41) is 3.80. The molecule has 0 atom stereocenters. The molecule has 0 radical (unpaired) electrons. The van der Waals surface area contributed by atoms with Crippen molar-refractivity contribution in [1.29, 1.82) is 0 Å². The van der Waals surface area contributed by atoms with Crippen molar-refractivity contribution in [3.8, 4) is 5.82 Å². The predicted octanol–water partition coefficient (Wildman–Crippen LogP) is 0.921. The Morgan fingerprint density at radius 1 is 1.12 bits per heavy atom. The Morgan fingerprint density at radius 2 is 1.92 bits per heavy atom. The van der Waals surface area contributed by atoms with Crippen molar-refractivity contribution in [2.24, 2.45) is 0 Å². The molecule has 1 saturated heterocycles. The second-order valence-corrected chi connectivity index (χ2v) is 5.81. The number of anilines is 1. The van der Waals surface area contributed by atoms with Gasteiger partial charge in [-0.25, -0.2) is 15.0 Å². The predicted molar refractivity (Wildman–Crippen MR) is 88.5 cm³/mol. The van der Waals surface area contributed by atoms with Crippen LogP contribution < -0.4 is 4.90 Å². The zero-order valence-electron chi connectivity index (χ0n) is 13.7. The summed E-state index contributed by atoms with van der Waals surface area (Å²) >= 11 is 0. The van der Waals surface area contributed by atoms with E-state index in [1.54, 1.807) is 36.7 Å². The first-order valence-electron chi connectivity index (χ1n) is 7.98. The Bertz CT molecular complexity index is 866. The number of nitrogens with zero attached hydrogens (tertiary/aromatic N) is 7. The average Bonchev–Trinajstić information content (AvgIpc) is 3.33. The van der Waals surface area contributed by atoms with Gasteiger partial charge in [0.2, 0.25) is 0 Å². The highest BCUT2D eigenvalue weighted by Gasteiger charge is 2.25. The van der Waals surface area contributed by atoms with E-state index in [0.29, 0.717) is 37.6 Å². The lowest BCUT2D eigenvalue weighted by molar-refractivity contribution is 0.0736. The van der Waals surface area contributed by atoms with Crippen molar-refractivity contribution >= 4 is 11.7 Å². The Morgan fingerprint density at radius 3 is 2.60 bits per heavy atom. The van der Waals surface area contributed by atoms with Crippen molar-refractivity contribution in [2.45, 2.75) is 6.92 Å². The van der Waals surface area contributed by atoms with Gasteiger partial charge in [-0.05, 0) is 6.92 Å². The lowest BCUT2D eigenvalue weighted by atomic mass is 10.2. The Labute approximate surface area is 143 Å². The quantitative estimate of drug-likeness (QED) is 0.700. The van der Waals surface area contributed by atoms with E-state index in [1.807, 2.05) is 16.8 Å². The van der Waals surface area contributed by atoms with Gasteiger partial charge in [-0.3, -0.25) is 9.36 Å². The van der Waals surface area contributed by atoms with E-state index in [1.165, 1.54) is 0 Å². The Kier molecular flexibility index (Phi) is 3.88. The first kappa shape index (κ1) is 15.3. The van der Waals surface area contributed by atoms with Crippen molar-refractivity contribution in [2.75, 3.05) is 31.1 Å². The van der Waals surface area contributed by atoms with Gasteiger partial charge in [0.05, 0.1) is 0 Å². The molecule has 0 unspecified atom stereocenters. The molecule has 0 N–H and O–H groups in total. The number of aryl methyl sites for hydroxylation is 1. The molecule has 0 spiro atoms.